The molecule has 6 heteroatoms. The standard InChI is InChI=1S/Al.Fe.Mo.Ni.Pt.Zn. The minimum absolute atomic E-state index is 0. The van der Waals surface area contributed by atoms with Crippen LogP contribution in [0.2, 0.25) is 0 Å². The second-order valence-electron chi connectivity index (χ2n) is 0. The van der Waals surface area contributed by atoms with Gasteiger partial charge in [-0.25, -0.2) is 0 Å². The number of rotatable bonds is 0. The molecule has 0 fully saturated rings. The molecule has 0 N–H and O–H groups in total. The third-order valence-corrected chi connectivity index (χ3v) is 0. The summed E-state index contributed by atoms with van der Waals surface area (Å²) in [7, 11) is 0. The van der Waals surface area contributed by atoms with Crippen LogP contribution in [-0.4, -0.2) is 17.4 Å². The summed E-state index contributed by atoms with van der Waals surface area (Å²) >= 11 is 0. The third kappa shape index (κ3) is 25.7. The van der Waals surface area contributed by atoms with Crippen molar-refractivity contribution < 1.29 is 95.2 Å². The van der Waals surface area contributed by atoms with Gasteiger partial charge in [0.15, 0.2) is 0 Å². The first kappa shape index (κ1) is 55.5. The third-order valence-electron chi connectivity index (χ3n) is 0. The Morgan fingerprint density at radius 2 is 1.00 bits per heavy atom. The second kappa shape index (κ2) is 38.7. The maximum absolute atomic E-state index is 0. The normalized spacial score (nSPS) is 0. The van der Waals surface area contributed by atoms with Crippen LogP contribution < -0.4 is 0 Å². The van der Waals surface area contributed by atoms with Crippen molar-refractivity contribution in [3.63, 3.8) is 0 Å². The fraction of sp³-hybridized carbons (Fsp3) is 0. The maximum atomic E-state index is 0. The van der Waals surface area contributed by atoms with Gasteiger partial charge in [-0.15, -0.1) is 0 Å². The molecule has 0 rings (SSSR count). The van der Waals surface area contributed by atoms with Crippen LogP contribution in [-0.2, 0) is 95.2 Å². The summed E-state index contributed by atoms with van der Waals surface area (Å²) in [6, 6.07) is 0. The monoisotopic (exact) mass is 498 g/mol. The fourth-order valence-electron chi connectivity index (χ4n) is 0. The molecule has 0 saturated heterocycles. The van der Waals surface area contributed by atoms with Crippen molar-refractivity contribution in [3.05, 3.63) is 0 Å². The van der Waals surface area contributed by atoms with Gasteiger partial charge in [-0.2, -0.15) is 0 Å². The van der Waals surface area contributed by atoms with Gasteiger partial charge in [0, 0.05) is 113 Å². The maximum Gasteiger partial charge on any atom is 0 e. The largest absolute Gasteiger partial charge is 0 e. The van der Waals surface area contributed by atoms with Crippen LogP contribution in [0, 0.1) is 0 Å². The molecule has 0 aliphatic carbocycles. The van der Waals surface area contributed by atoms with Crippen LogP contribution in [0.15, 0.2) is 0 Å². The van der Waals surface area contributed by atoms with Crippen molar-refractivity contribution in [1.82, 2.24) is 0 Å². The second-order valence-corrected chi connectivity index (χ2v) is 0. The molecule has 0 saturated carbocycles. The average molecular weight is 498 g/mol. The van der Waals surface area contributed by atoms with Crippen LogP contribution >= 0.6 is 0 Å². The van der Waals surface area contributed by atoms with E-state index in [2.05, 4.69) is 0 Å². The van der Waals surface area contributed by atoms with Gasteiger partial charge in [0.1, 0.15) is 0 Å². The summed E-state index contributed by atoms with van der Waals surface area (Å²) < 4.78 is 0. The Morgan fingerprint density at radius 1 is 1.00 bits per heavy atom. The molecule has 0 aliphatic heterocycles. The first-order chi connectivity index (χ1) is 0. The average Bonchev–Trinajstić information content (AvgIpc) is 0. The summed E-state index contributed by atoms with van der Waals surface area (Å²) in [5.41, 5.74) is 0. The molecule has 0 heterocycles. The first-order valence-corrected chi connectivity index (χ1v) is 0. The molecule has 0 amide bonds. The summed E-state index contributed by atoms with van der Waals surface area (Å²) in [5, 5.41) is 0. The zero-order valence-electron chi connectivity index (χ0n) is 2.68. The fourth-order valence-corrected chi connectivity index (χ4v) is 0. The van der Waals surface area contributed by atoms with E-state index in [1.54, 1.807) is 0 Å². The topological polar surface area (TPSA) is 0 Å². The van der Waals surface area contributed by atoms with Crippen LogP contribution in [0.4, 0.5) is 0 Å². The van der Waals surface area contributed by atoms with E-state index in [1.807, 2.05) is 0 Å². The molecular weight excluding hydrogens is 498 g/mol. The predicted molar refractivity (Wildman–Crippen MR) is 5.75 cm³/mol. The van der Waals surface area contributed by atoms with Gasteiger partial charge < -0.3 is 0 Å². The van der Waals surface area contributed by atoms with E-state index in [9.17, 15) is 0 Å². The molecule has 0 aromatic carbocycles. The van der Waals surface area contributed by atoms with Crippen molar-refractivity contribution in [1.29, 1.82) is 0 Å². The van der Waals surface area contributed by atoms with Crippen LogP contribution in [0.3, 0.4) is 0 Å². The molecule has 0 aliphatic rings. The van der Waals surface area contributed by atoms with Gasteiger partial charge in [0.25, 0.3) is 0 Å². The van der Waals surface area contributed by atoms with Gasteiger partial charge >= 0.3 is 0 Å². The summed E-state index contributed by atoms with van der Waals surface area (Å²) in [5.74, 6) is 0. The molecule has 6 heavy (non-hydrogen) atoms. The van der Waals surface area contributed by atoms with Crippen LogP contribution in [0.25, 0.3) is 0 Å². The Hall–Kier alpha value is 3.55. The van der Waals surface area contributed by atoms with E-state index >= 15 is 0 Å². The van der Waals surface area contributed by atoms with Gasteiger partial charge in [-0.3, -0.25) is 0 Å². The summed E-state index contributed by atoms with van der Waals surface area (Å²) in [4.78, 5) is 0. The van der Waals surface area contributed by atoms with Crippen LogP contribution in [0.5, 0.6) is 0 Å². The molecular formula is AlFeMoNiPtZn. The SMILES string of the molecule is [Al].[Fe].[Mo].[Ni].[Pt].[Zn]. The molecule has 3 radical (unpaired) electrons. The van der Waals surface area contributed by atoms with E-state index in [4.69, 9.17) is 0 Å². The molecule has 0 spiro atoms. The molecule has 39 valence electrons. The molecule has 0 aromatic heterocycles. The van der Waals surface area contributed by atoms with Crippen LogP contribution in [0.1, 0.15) is 0 Å². The Labute approximate surface area is 111 Å². The van der Waals surface area contributed by atoms with Gasteiger partial charge in [-0.1, -0.05) is 0 Å². The minimum atomic E-state index is 0. The molecule has 0 aromatic rings. The quantitative estimate of drug-likeness (QED) is 0.400. The van der Waals surface area contributed by atoms with E-state index in [1.165, 1.54) is 0 Å². The van der Waals surface area contributed by atoms with E-state index in [0.717, 1.165) is 0 Å². The van der Waals surface area contributed by atoms with Crippen molar-refractivity contribution in [3.8, 4) is 0 Å². The van der Waals surface area contributed by atoms with Gasteiger partial charge in [0.2, 0.25) is 0 Å². The zero-order valence-corrected chi connectivity index (χ0v) is 13.2. The Bertz CT molecular complexity index is 15.5. The molecule has 0 atom stereocenters. The molecule has 0 unspecified atom stereocenters. The zero-order chi connectivity index (χ0) is 0. The first-order valence-electron chi connectivity index (χ1n) is 0. The molecule has 0 nitrogen and oxygen atoms in total. The molecule has 0 bridgehead atoms. The van der Waals surface area contributed by atoms with Crippen molar-refractivity contribution in [2.75, 3.05) is 0 Å². The predicted octanol–water partition coefficient (Wildman–Crippen LogP) is -0.393. The Balaban J connectivity index is 0. The number of hydrogen-bond donors (Lipinski definition) is 0. The van der Waals surface area contributed by atoms with E-state index < -0.39 is 0 Å². The summed E-state index contributed by atoms with van der Waals surface area (Å²) in [6.07, 6.45) is 0. The van der Waals surface area contributed by atoms with Crippen molar-refractivity contribution in [2.24, 2.45) is 0 Å². The summed E-state index contributed by atoms with van der Waals surface area (Å²) in [6.45, 7) is 0. The minimum Gasteiger partial charge on any atom is 0 e. The Kier molecular flexibility index (Phi) is 358. The van der Waals surface area contributed by atoms with Gasteiger partial charge in [0.05, 0.1) is 0 Å². The Morgan fingerprint density at radius 3 is 1.00 bits per heavy atom. The van der Waals surface area contributed by atoms with E-state index in [0.29, 0.717) is 0 Å². The van der Waals surface area contributed by atoms with Gasteiger partial charge in [-0.05, 0) is 0 Å². The number of hydrogen-bond acceptors (Lipinski definition) is 0. The van der Waals surface area contributed by atoms with Crippen molar-refractivity contribution >= 4 is 17.4 Å². The van der Waals surface area contributed by atoms with E-state index in [-0.39, 0.29) is 113 Å². The smallest absolute Gasteiger partial charge is 0 e. The van der Waals surface area contributed by atoms with Crippen molar-refractivity contribution in [2.45, 2.75) is 0 Å².